The first kappa shape index (κ1) is 17.4. The van der Waals surface area contributed by atoms with E-state index in [0.29, 0.717) is 5.92 Å². The van der Waals surface area contributed by atoms with E-state index in [1.54, 1.807) is 14.2 Å². The molecule has 2 nitrogen and oxygen atoms in total. The molecule has 0 aromatic heterocycles. The van der Waals surface area contributed by atoms with Gasteiger partial charge in [0.1, 0.15) is 11.5 Å². The molecule has 0 aliphatic heterocycles. The van der Waals surface area contributed by atoms with Gasteiger partial charge in [0.25, 0.3) is 0 Å². The first-order valence-corrected chi connectivity index (χ1v) is 12.0. The first-order chi connectivity index (χ1) is 10.5. The van der Waals surface area contributed by atoms with Gasteiger partial charge in [0, 0.05) is 5.56 Å². The minimum atomic E-state index is -1.42. The number of ether oxygens (including phenoxy) is 2. The second kappa shape index (κ2) is 7.54. The molecule has 3 heteroatoms. The van der Waals surface area contributed by atoms with Gasteiger partial charge >= 0.3 is 0 Å². The van der Waals surface area contributed by atoms with Gasteiger partial charge in [0.15, 0.2) is 0 Å². The Balaban J connectivity index is 2.42. The van der Waals surface area contributed by atoms with E-state index in [0.717, 1.165) is 11.5 Å². The highest BCUT2D eigenvalue weighted by molar-refractivity contribution is 6.89. The zero-order valence-corrected chi connectivity index (χ0v) is 16.0. The summed E-state index contributed by atoms with van der Waals surface area (Å²) in [5.74, 6) is 2.72. The fourth-order valence-corrected chi connectivity index (χ4v) is 6.28. The molecule has 1 saturated carbocycles. The van der Waals surface area contributed by atoms with Gasteiger partial charge in [-0.05, 0) is 30.9 Å². The van der Waals surface area contributed by atoms with E-state index in [-0.39, 0.29) is 0 Å². The van der Waals surface area contributed by atoms with Crippen molar-refractivity contribution in [3.8, 4) is 11.5 Å². The summed E-state index contributed by atoms with van der Waals surface area (Å²) in [5.41, 5.74) is 1.31. The lowest BCUT2D eigenvalue weighted by molar-refractivity contribution is 0.379. The second-order valence-electron chi connectivity index (χ2n) is 7.26. The van der Waals surface area contributed by atoms with Crippen molar-refractivity contribution in [3.05, 3.63) is 17.7 Å². The lowest BCUT2D eigenvalue weighted by Crippen LogP contribution is -2.41. The van der Waals surface area contributed by atoms with Gasteiger partial charge in [-0.15, -0.1) is 0 Å². The van der Waals surface area contributed by atoms with Crippen LogP contribution in [0.4, 0.5) is 0 Å². The Morgan fingerprint density at radius 1 is 1.05 bits per heavy atom. The third-order valence-corrected chi connectivity index (χ3v) is 8.70. The summed E-state index contributed by atoms with van der Waals surface area (Å²) in [6, 6.07) is 5.97. The van der Waals surface area contributed by atoms with Crippen LogP contribution in [0.1, 0.15) is 56.9 Å². The predicted octanol–water partition coefficient (Wildman–Crippen LogP) is 5.08. The largest absolute Gasteiger partial charge is 0.496 e. The van der Waals surface area contributed by atoms with Crippen LogP contribution in [0.15, 0.2) is 12.1 Å². The van der Waals surface area contributed by atoms with Crippen molar-refractivity contribution >= 4 is 13.3 Å². The molecule has 0 unspecified atom stereocenters. The third-order valence-electron chi connectivity index (χ3n) is 5.24. The molecule has 0 heterocycles. The van der Waals surface area contributed by atoms with E-state index in [1.807, 2.05) is 0 Å². The maximum Gasteiger partial charge on any atom is 0.125 e. The molecule has 22 heavy (non-hydrogen) atoms. The summed E-state index contributed by atoms with van der Waals surface area (Å²) in [6.45, 7) is 7.20. The Kier molecular flexibility index (Phi) is 5.96. The van der Waals surface area contributed by atoms with Crippen LogP contribution in [-0.4, -0.2) is 22.3 Å². The highest BCUT2D eigenvalue weighted by atomic mass is 28.3. The summed E-state index contributed by atoms with van der Waals surface area (Å²) in [5, 5.41) is 1.47. The van der Waals surface area contributed by atoms with E-state index in [9.17, 15) is 0 Å². The smallest absolute Gasteiger partial charge is 0.125 e. The number of benzene rings is 1. The zero-order chi connectivity index (χ0) is 16.2. The minimum Gasteiger partial charge on any atom is -0.496 e. The lowest BCUT2D eigenvalue weighted by atomic mass is 9.95. The molecule has 0 amide bonds. The Hall–Kier alpha value is -0.963. The van der Waals surface area contributed by atoms with Gasteiger partial charge < -0.3 is 9.47 Å². The Bertz CT molecular complexity index is 465. The van der Waals surface area contributed by atoms with Crippen molar-refractivity contribution in [2.75, 3.05) is 14.2 Å². The van der Waals surface area contributed by atoms with Crippen LogP contribution in [0.25, 0.3) is 0 Å². The maximum absolute atomic E-state index is 5.78. The molecule has 1 aliphatic carbocycles. The Morgan fingerprint density at radius 2 is 1.59 bits per heavy atom. The molecule has 0 saturated heterocycles. The molecule has 0 radical (unpaired) electrons. The second-order valence-corrected chi connectivity index (χ2v) is 12.1. The number of hydrogen-bond donors (Lipinski definition) is 0. The van der Waals surface area contributed by atoms with Crippen LogP contribution in [0.5, 0.6) is 11.5 Å². The van der Waals surface area contributed by atoms with Crippen molar-refractivity contribution in [2.24, 2.45) is 0 Å². The van der Waals surface area contributed by atoms with Crippen molar-refractivity contribution in [2.45, 2.75) is 70.5 Å². The van der Waals surface area contributed by atoms with Crippen molar-refractivity contribution in [3.63, 3.8) is 0 Å². The first-order valence-electron chi connectivity index (χ1n) is 8.80. The highest BCUT2D eigenvalue weighted by Gasteiger charge is 2.29. The standard InChI is InChI=1S/C19H32O2Si/c1-6-7-12-22(4,5)16-13-17(20-2)19(18(14-16)21-3)15-10-8-9-11-15/h13-15H,6-12H2,1-5H3. The van der Waals surface area contributed by atoms with E-state index >= 15 is 0 Å². The molecule has 0 spiro atoms. The molecule has 2 rings (SSSR count). The van der Waals surface area contributed by atoms with E-state index in [1.165, 1.54) is 55.3 Å². The minimum absolute atomic E-state index is 0.611. The summed E-state index contributed by atoms with van der Waals surface area (Å²) in [6.07, 6.45) is 7.77. The molecule has 0 atom stereocenters. The fraction of sp³-hybridized carbons (Fsp3) is 0.684. The average Bonchev–Trinajstić information content (AvgIpc) is 3.05. The normalized spacial score (nSPS) is 16.0. The van der Waals surface area contributed by atoms with Crippen LogP contribution >= 0.6 is 0 Å². The van der Waals surface area contributed by atoms with Gasteiger partial charge in [-0.25, -0.2) is 0 Å². The fourth-order valence-electron chi connectivity index (χ4n) is 3.71. The summed E-state index contributed by atoms with van der Waals surface area (Å²) >= 11 is 0. The quantitative estimate of drug-likeness (QED) is 0.652. The number of rotatable bonds is 7. The van der Waals surface area contributed by atoms with E-state index < -0.39 is 8.07 Å². The SMILES string of the molecule is CCCC[Si](C)(C)c1cc(OC)c(C2CCCC2)c(OC)c1. The topological polar surface area (TPSA) is 18.5 Å². The molecule has 1 aromatic carbocycles. The third kappa shape index (κ3) is 3.68. The number of hydrogen-bond acceptors (Lipinski definition) is 2. The van der Waals surface area contributed by atoms with Crippen LogP contribution in [0, 0.1) is 0 Å². The lowest BCUT2D eigenvalue weighted by Gasteiger charge is -2.26. The Morgan fingerprint density at radius 3 is 2.05 bits per heavy atom. The molecular formula is C19H32O2Si. The Labute approximate surface area is 137 Å². The molecule has 1 fully saturated rings. The molecule has 1 aromatic rings. The van der Waals surface area contributed by atoms with Crippen LogP contribution < -0.4 is 14.7 Å². The zero-order valence-electron chi connectivity index (χ0n) is 15.0. The predicted molar refractivity (Wildman–Crippen MR) is 97.6 cm³/mol. The van der Waals surface area contributed by atoms with Crippen molar-refractivity contribution < 1.29 is 9.47 Å². The molecule has 124 valence electrons. The van der Waals surface area contributed by atoms with E-state index in [4.69, 9.17) is 9.47 Å². The number of unbranched alkanes of at least 4 members (excludes halogenated alkanes) is 1. The molecule has 0 N–H and O–H groups in total. The molecule has 1 aliphatic rings. The summed E-state index contributed by atoms with van der Waals surface area (Å²) < 4.78 is 11.6. The maximum atomic E-state index is 5.78. The van der Waals surface area contributed by atoms with Crippen LogP contribution in [-0.2, 0) is 0 Å². The van der Waals surface area contributed by atoms with Gasteiger partial charge in [-0.1, -0.05) is 56.9 Å². The summed E-state index contributed by atoms with van der Waals surface area (Å²) in [7, 11) is 2.19. The van der Waals surface area contributed by atoms with Gasteiger partial charge in [-0.3, -0.25) is 0 Å². The highest BCUT2D eigenvalue weighted by Crippen LogP contribution is 2.43. The van der Waals surface area contributed by atoms with Gasteiger partial charge in [-0.2, -0.15) is 0 Å². The monoisotopic (exact) mass is 320 g/mol. The van der Waals surface area contributed by atoms with Crippen LogP contribution in [0.3, 0.4) is 0 Å². The van der Waals surface area contributed by atoms with Crippen LogP contribution in [0.2, 0.25) is 19.1 Å². The van der Waals surface area contributed by atoms with Gasteiger partial charge in [0.05, 0.1) is 22.3 Å². The van der Waals surface area contributed by atoms with Crippen molar-refractivity contribution in [1.82, 2.24) is 0 Å². The average molecular weight is 321 g/mol. The summed E-state index contributed by atoms with van der Waals surface area (Å²) in [4.78, 5) is 0. The van der Waals surface area contributed by atoms with Crippen molar-refractivity contribution in [1.29, 1.82) is 0 Å². The van der Waals surface area contributed by atoms with E-state index in [2.05, 4.69) is 32.2 Å². The molecule has 0 bridgehead atoms. The molecular weight excluding hydrogens is 288 g/mol. The number of methoxy groups -OCH3 is 2. The van der Waals surface area contributed by atoms with Gasteiger partial charge in [0.2, 0.25) is 0 Å².